The smallest absolute Gasteiger partial charge is 0.320 e. The van der Waals surface area contributed by atoms with Crippen molar-refractivity contribution >= 4 is 23.4 Å². The lowest BCUT2D eigenvalue weighted by Crippen LogP contribution is -2.24. The molecule has 10 heteroatoms. The van der Waals surface area contributed by atoms with Gasteiger partial charge in [-0.05, 0) is 32.0 Å². The molecule has 0 saturated heterocycles. The normalized spacial score (nSPS) is 12.4. The number of benzene rings is 1. The summed E-state index contributed by atoms with van der Waals surface area (Å²) in [5.41, 5.74) is -2.53. The number of pyridine rings is 1. The first kappa shape index (κ1) is 20.6. The Bertz CT molecular complexity index is 904. The highest BCUT2D eigenvalue weighted by Gasteiger charge is 2.36. The second-order valence-electron chi connectivity index (χ2n) is 5.45. The van der Waals surface area contributed by atoms with Crippen molar-refractivity contribution in [3.05, 3.63) is 52.7 Å². The van der Waals surface area contributed by atoms with Crippen molar-refractivity contribution in [1.29, 1.82) is 5.26 Å². The van der Waals surface area contributed by atoms with Crippen LogP contribution in [-0.2, 0) is 11.0 Å². The molecule has 2 aromatic rings. The Kier molecular flexibility index (Phi) is 6.05. The van der Waals surface area contributed by atoms with E-state index in [2.05, 4.69) is 10.3 Å². The summed E-state index contributed by atoms with van der Waals surface area (Å²) in [5.74, 6) is -2.85. The van der Waals surface area contributed by atoms with Gasteiger partial charge in [0.05, 0.1) is 16.4 Å². The number of nitrogens with zero attached hydrogens (tertiary/aromatic N) is 2. The fourth-order valence-corrected chi connectivity index (χ4v) is 3.10. The fourth-order valence-electron chi connectivity index (χ4n) is 2.12. The minimum absolute atomic E-state index is 0.0107. The summed E-state index contributed by atoms with van der Waals surface area (Å²) in [4.78, 5) is 16.1. The Morgan fingerprint density at radius 3 is 2.41 bits per heavy atom. The fraction of sp³-hybridized carbons (Fsp3) is 0.235. The van der Waals surface area contributed by atoms with Crippen molar-refractivity contribution in [2.24, 2.45) is 0 Å². The summed E-state index contributed by atoms with van der Waals surface area (Å²) in [6, 6.07) is 5.20. The Morgan fingerprint density at radius 2 is 1.89 bits per heavy atom. The van der Waals surface area contributed by atoms with Crippen molar-refractivity contribution in [2.75, 3.05) is 5.32 Å². The van der Waals surface area contributed by atoms with Crippen LogP contribution in [0.1, 0.15) is 23.7 Å². The first-order chi connectivity index (χ1) is 12.5. The van der Waals surface area contributed by atoms with E-state index in [1.54, 1.807) is 0 Å². The Labute approximate surface area is 155 Å². The monoisotopic (exact) mass is 401 g/mol. The van der Waals surface area contributed by atoms with E-state index in [9.17, 15) is 26.7 Å². The SMILES string of the molecule is Cc1cc(C(F)(F)F)c(C#N)c(SC(C)C(=O)Nc2c(F)cccc2F)n1. The molecule has 2 rings (SSSR count). The quantitative estimate of drug-likeness (QED) is 0.597. The molecule has 1 aromatic heterocycles. The van der Waals surface area contributed by atoms with Crippen LogP contribution in [0, 0.1) is 29.9 Å². The van der Waals surface area contributed by atoms with Gasteiger partial charge in [0.15, 0.2) is 0 Å². The molecule has 1 amide bonds. The molecule has 1 aromatic carbocycles. The lowest BCUT2D eigenvalue weighted by molar-refractivity contribution is -0.138. The molecular formula is C17H12F5N3OS. The zero-order valence-corrected chi connectivity index (χ0v) is 14.8. The zero-order chi connectivity index (χ0) is 20.4. The molecule has 1 heterocycles. The molecule has 0 aliphatic rings. The van der Waals surface area contributed by atoms with Crippen LogP contribution in [0.25, 0.3) is 0 Å². The zero-order valence-electron chi connectivity index (χ0n) is 14.0. The van der Waals surface area contributed by atoms with Crippen molar-refractivity contribution in [3.63, 3.8) is 0 Å². The van der Waals surface area contributed by atoms with E-state index in [-0.39, 0.29) is 10.7 Å². The van der Waals surface area contributed by atoms with Gasteiger partial charge in [0.2, 0.25) is 5.91 Å². The van der Waals surface area contributed by atoms with Gasteiger partial charge >= 0.3 is 6.18 Å². The molecule has 0 bridgehead atoms. The number of carbonyl (C=O) groups is 1. The van der Waals surface area contributed by atoms with E-state index < -0.39 is 45.8 Å². The number of aromatic nitrogens is 1. The van der Waals surface area contributed by atoms with Gasteiger partial charge in [0, 0.05) is 5.69 Å². The maximum absolute atomic E-state index is 13.6. The number of hydrogen-bond acceptors (Lipinski definition) is 4. The number of halogens is 5. The Morgan fingerprint density at radius 1 is 1.30 bits per heavy atom. The molecular weight excluding hydrogens is 389 g/mol. The molecule has 1 unspecified atom stereocenters. The molecule has 0 fully saturated rings. The number of anilines is 1. The van der Waals surface area contributed by atoms with Crippen LogP contribution >= 0.6 is 11.8 Å². The first-order valence-corrected chi connectivity index (χ1v) is 8.33. The van der Waals surface area contributed by atoms with Gasteiger partial charge in [-0.15, -0.1) is 0 Å². The molecule has 0 spiro atoms. The third-order valence-corrected chi connectivity index (χ3v) is 4.49. The summed E-state index contributed by atoms with van der Waals surface area (Å²) in [6.45, 7) is 2.64. The average Bonchev–Trinajstić information content (AvgIpc) is 2.56. The van der Waals surface area contributed by atoms with E-state index in [4.69, 9.17) is 5.26 Å². The number of rotatable bonds is 4. The molecule has 0 radical (unpaired) electrons. The highest BCUT2D eigenvalue weighted by Crippen LogP contribution is 2.37. The Hall–Kier alpha value is -2.67. The Balaban J connectivity index is 2.30. The maximum atomic E-state index is 13.6. The number of amides is 1. The van der Waals surface area contributed by atoms with Crippen molar-refractivity contribution in [2.45, 2.75) is 30.3 Å². The lowest BCUT2D eigenvalue weighted by atomic mass is 10.1. The molecule has 0 aliphatic heterocycles. The minimum Gasteiger partial charge on any atom is -0.320 e. The summed E-state index contributed by atoms with van der Waals surface area (Å²) in [5, 5.41) is 9.80. The van der Waals surface area contributed by atoms with Crippen LogP contribution in [0.2, 0.25) is 0 Å². The third kappa shape index (κ3) is 4.74. The van der Waals surface area contributed by atoms with E-state index >= 15 is 0 Å². The van der Waals surface area contributed by atoms with Gasteiger partial charge in [-0.3, -0.25) is 4.79 Å². The van der Waals surface area contributed by atoms with Gasteiger partial charge in [0.1, 0.15) is 28.4 Å². The largest absolute Gasteiger partial charge is 0.417 e. The number of hydrogen-bond donors (Lipinski definition) is 1. The molecule has 0 aliphatic carbocycles. The number of nitrogens with one attached hydrogen (secondary N) is 1. The van der Waals surface area contributed by atoms with Crippen molar-refractivity contribution < 1.29 is 26.7 Å². The number of carbonyl (C=O) groups excluding carboxylic acids is 1. The second-order valence-corrected chi connectivity index (χ2v) is 6.78. The predicted octanol–water partition coefficient (Wildman–Crippen LogP) is 4.68. The van der Waals surface area contributed by atoms with E-state index in [1.807, 2.05) is 0 Å². The summed E-state index contributed by atoms with van der Waals surface area (Å²) in [7, 11) is 0. The van der Waals surface area contributed by atoms with Crippen molar-refractivity contribution in [1.82, 2.24) is 4.98 Å². The second kappa shape index (κ2) is 7.92. The van der Waals surface area contributed by atoms with Crippen molar-refractivity contribution in [3.8, 4) is 6.07 Å². The van der Waals surface area contributed by atoms with Crippen LogP contribution in [-0.4, -0.2) is 16.1 Å². The predicted molar refractivity (Wildman–Crippen MR) is 89.0 cm³/mol. The van der Waals surface area contributed by atoms with Gasteiger partial charge < -0.3 is 5.32 Å². The summed E-state index contributed by atoms with van der Waals surface area (Å²) in [6.07, 6.45) is -4.77. The van der Waals surface area contributed by atoms with Crippen LogP contribution in [0.15, 0.2) is 29.3 Å². The maximum Gasteiger partial charge on any atom is 0.417 e. The number of thioether (sulfide) groups is 1. The molecule has 0 saturated carbocycles. The molecule has 1 N–H and O–H groups in total. The summed E-state index contributed by atoms with van der Waals surface area (Å²) >= 11 is 0.588. The third-order valence-electron chi connectivity index (χ3n) is 3.40. The lowest BCUT2D eigenvalue weighted by Gasteiger charge is -2.16. The van der Waals surface area contributed by atoms with E-state index in [0.717, 1.165) is 24.3 Å². The molecule has 142 valence electrons. The van der Waals surface area contributed by atoms with Crippen LogP contribution in [0.3, 0.4) is 0 Å². The first-order valence-electron chi connectivity index (χ1n) is 7.45. The van der Waals surface area contributed by atoms with Gasteiger partial charge in [-0.1, -0.05) is 17.8 Å². The number of nitriles is 1. The number of alkyl halides is 3. The van der Waals surface area contributed by atoms with E-state index in [1.165, 1.54) is 19.9 Å². The number of aryl methyl sites for hydroxylation is 1. The van der Waals surface area contributed by atoms with Crippen LogP contribution in [0.5, 0.6) is 0 Å². The topological polar surface area (TPSA) is 65.8 Å². The van der Waals surface area contributed by atoms with Gasteiger partial charge in [-0.25, -0.2) is 13.8 Å². The van der Waals surface area contributed by atoms with Gasteiger partial charge in [0.25, 0.3) is 0 Å². The van der Waals surface area contributed by atoms with Gasteiger partial charge in [-0.2, -0.15) is 18.4 Å². The molecule has 4 nitrogen and oxygen atoms in total. The average molecular weight is 401 g/mol. The highest BCUT2D eigenvalue weighted by atomic mass is 32.2. The minimum atomic E-state index is -4.77. The molecule has 27 heavy (non-hydrogen) atoms. The van der Waals surface area contributed by atoms with Crippen LogP contribution in [0.4, 0.5) is 27.6 Å². The van der Waals surface area contributed by atoms with Crippen LogP contribution < -0.4 is 5.32 Å². The highest BCUT2D eigenvalue weighted by molar-refractivity contribution is 8.00. The standard InChI is InChI=1S/C17H12F5N3OS/c1-8-6-11(17(20,21)22)10(7-23)16(24-8)27-9(2)15(26)25-14-12(18)4-3-5-13(14)19/h3-6,9H,1-2H3,(H,25,26). The summed E-state index contributed by atoms with van der Waals surface area (Å²) < 4.78 is 66.6. The van der Waals surface area contributed by atoms with E-state index in [0.29, 0.717) is 11.8 Å². The molecule has 1 atom stereocenters. The number of para-hydroxylation sites is 1.